The van der Waals surface area contributed by atoms with E-state index >= 15 is 0 Å². The molecule has 0 atom stereocenters. The fourth-order valence-electron chi connectivity index (χ4n) is 6.98. The molecule has 0 N–H and O–H groups in total. The Labute approximate surface area is 412 Å². The minimum Gasteiger partial charge on any atom is -0.490 e. The van der Waals surface area contributed by atoms with Gasteiger partial charge in [0.05, 0.1) is 5.56 Å². The van der Waals surface area contributed by atoms with E-state index in [0.29, 0.717) is 68.6 Å². The van der Waals surface area contributed by atoms with Crippen LogP contribution in [0, 0.1) is 0 Å². The molecule has 3 heterocycles. The molecule has 0 aliphatic carbocycles. The van der Waals surface area contributed by atoms with Gasteiger partial charge in [0.1, 0.15) is 62.6 Å². The van der Waals surface area contributed by atoms with Crippen molar-refractivity contribution in [3.63, 3.8) is 0 Å². The average Bonchev–Trinajstić information content (AvgIpc) is 4.18. The first kappa shape index (κ1) is 47.9. The minimum atomic E-state index is -0.875. The van der Waals surface area contributed by atoms with Gasteiger partial charge in [0, 0.05) is 29.3 Å². The molecular formula is C54H46O18. The summed E-state index contributed by atoms with van der Waals surface area (Å²) in [7, 11) is 0. The first-order chi connectivity index (χ1) is 35.0. The summed E-state index contributed by atoms with van der Waals surface area (Å²) in [6.07, 6.45) is 0. The summed E-state index contributed by atoms with van der Waals surface area (Å²) in [5.74, 6) is 3.27. The molecular weight excluding hydrogens is 937 g/mol. The Morgan fingerprint density at radius 3 is 1.31 bits per heavy atom. The number of hydrogen-bond donors (Lipinski definition) is 0. The van der Waals surface area contributed by atoms with Crippen LogP contribution in [0.2, 0.25) is 0 Å². The van der Waals surface area contributed by atoms with E-state index in [4.69, 9.17) is 71.1 Å². The monoisotopic (exact) mass is 982 g/mol. The van der Waals surface area contributed by atoms with Crippen molar-refractivity contribution >= 4 is 17.9 Å². The fraction of sp³-hybridized carbons (Fsp3) is 0.204. The van der Waals surface area contributed by atoms with Crippen molar-refractivity contribution in [2.45, 2.75) is 13.8 Å². The largest absolute Gasteiger partial charge is 0.490 e. The highest BCUT2D eigenvalue weighted by atomic mass is 16.7. The zero-order chi connectivity index (χ0) is 50.0. The van der Waals surface area contributed by atoms with E-state index in [2.05, 4.69) is 13.2 Å². The summed E-state index contributed by atoms with van der Waals surface area (Å²) in [5, 5.41) is 0. The number of hydrogen-bond acceptors (Lipinski definition) is 18. The molecule has 9 rings (SSSR count). The van der Waals surface area contributed by atoms with Gasteiger partial charge in [0.15, 0.2) is 57.5 Å². The van der Waals surface area contributed by atoms with Crippen LogP contribution in [-0.4, -0.2) is 77.9 Å². The van der Waals surface area contributed by atoms with Gasteiger partial charge in [0.25, 0.3) is 0 Å². The molecule has 6 aromatic rings. The molecule has 0 radical (unpaired) electrons. The molecule has 0 saturated heterocycles. The van der Waals surface area contributed by atoms with Gasteiger partial charge in [-0.1, -0.05) is 31.4 Å². The van der Waals surface area contributed by atoms with Crippen LogP contribution in [0.5, 0.6) is 86.2 Å². The van der Waals surface area contributed by atoms with Gasteiger partial charge in [0.2, 0.25) is 26.1 Å². The topological polar surface area (TPSA) is 190 Å². The first-order valence-electron chi connectivity index (χ1n) is 22.4. The van der Waals surface area contributed by atoms with Crippen LogP contribution in [0.3, 0.4) is 0 Å². The van der Waals surface area contributed by atoms with Crippen molar-refractivity contribution < 1.29 is 85.4 Å². The first-order valence-corrected chi connectivity index (χ1v) is 22.4. The van der Waals surface area contributed by atoms with E-state index in [1.807, 2.05) is 0 Å². The van der Waals surface area contributed by atoms with Gasteiger partial charge in [-0.3, -0.25) is 0 Å². The third kappa shape index (κ3) is 11.8. The van der Waals surface area contributed by atoms with Crippen LogP contribution < -0.4 is 71.1 Å². The van der Waals surface area contributed by atoms with Gasteiger partial charge >= 0.3 is 17.9 Å². The Kier molecular flexibility index (Phi) is 14.7. The normalized spacial score (nSPS) is 12.3. The zero-order valence-electron chi connectivity index (χ0n) is 39.0. The minimum absolute atomic E-state index is 0.00147. The quantitative estimate of drug-likeness (QED) is 0.0271. The maximum atomic E-state index is 14.3. The molecule has 6 aromatic carbocycles. The van der Waals surface area contributed by atoms with Crippen molar-refractivity contribution in [2.24, 2.45) is 0 Å². The van der Waals surface area contributed by atoms with Crippen LogP contribution in [0.4, 0.5) is 0 Å². The summed E-state index contributed by atoms with van der Waals surface area (Å²) >= 11 is 0. The third-order valence-electron chi connectivity index (χ3n) is 10.6. The Hall–Kier alpha value is -9.19. The van der Waals surface area contributed by atoms with Gasteiger partial charge in [-0.2, -0.15) is 0 Å². The lowest BCUT2D eigenvalue weighted by Crippen LogP contribution is -2.16. The van der Waals surface area contributed by atoms with Gasteiger partial charge < -0.3 is 71.1 Å². The van der Waals surface area contributed by atoms with E-state index in [-0.39, 0.29) is 105 Å². The molecule has 370 valence electrons. The lowest BCUT2D eigenvalue weighted by Gasteiger charge is -2.19. The molecule has 0 fully saturated rings. The van der Waals surface area contributed by atoms with Crippen molar-refractivity contribution in [1.29, 1.82) is 0 Å². The van der Waals surface area contributed by atoms with E-state index in [1.54, 1.807) is 91.9 Å². The Balaban J connectivity index is 0.982. The van der Waals surface area contributed by atoms with E-state index in [0.717, 1.165) is 0 Å². The van der Waals surface area contributed by atoms with Crippen molar-refractivity contribution in [3.05, 3.63) is 139 Å². The average molecular weight is 983 g/mol. The predicted octanol–water partition coefficient (Wildman–Crippen LogP) is 9.10. The second-order valence-electron chi connectivity index (χ2n) is 15.9. The molecule has 72 heavy (non-hydrogen) atoms. The summed E-state index contributed by atoms with van der Waals surface area (Å²) in [6.45, 7) is 10.8. The highest BCUT2D eigenvalue weighted by Crippen LogP contribution is 2.42. The molecule has 18 heteroatoms. The Bertz CT molecular complexity index is 2930. The molecule has 0 amide bonds. The van der Waals surface area contributed by atoms with Gasteiger partial charge in [-0.25, -0.2) is 14.4 Å². The van der Waals surface area contributed by atoms with Crippen LogP contribution in [0.15, 0.2) is 133 Å². The molecule has 18 nitrogen and oxygen atoms in total. The summed E-state index contributed by atoms with van der Waals surface area (Å²) < 4.78 is 86.5. The summed E-state index contributed by atoms with van der Waals surface area (Å²) in [4.78, 5) is 39.3. The molecule has 0 aromatic heterocycles. The smallest absolute Gasteiger partial charge is 0.343 e. The lowest BCUT2D eigenvalue weighted by molar-refractivity contribution is -0.131. The number of benzene rings is 6. The maximum absolute atomic E-state index is 14.3. The highest BCUT2D eigenvalue weighted by molar-refractivity contribution is 5.94. The number of rotatable bonds is 22. The van der Waals surface area contributed by atoms with Crippen LogP contribution in [-0.2, 0) is 9.59 Å². The van der Waals surface area contributed by atoms with Crippen LogP contribution in [0.25, 0.3) is 11.1 Å². The van der Waals surface area contributed by atoms with Crippen molar-refractivity contribution in [2.75, 3.05) is 60.0 Å². The van der Waals surface area contributed by atoms with Gasteiger partial charge in [-0.15, -0.1) is 0 Å². The lowest BCUT2D eigenvalue weighted by atomic mass is 10.0. The van der Waals surface area contributed by atoms with E-state index in [1.165, 1.54) is 31.2 Å². The van der Waals surface area contributed by atoms with E-state index < -0.39 is 17.9 Å². The number of carbonyl (C=O) groups excluding carboxylic acids is 3. The second kappa shape index (κ2) is 22.1. The fourth-order valence-corrected chi connectivity index (χ4v) is 6.98. The standard InChI is InChI=1S/C54H46O18/c1-32(2)52(55)70-37-8-5-34(6-9-37)35-7-13-44(48(23-35)72-53(56)33(3)4)71-54(57)36-24-49(61-20-17-58-38-10-14-41-45(26-38)67-29-64-41)51(63-22-19-60-40-12-16-43-47(28-40)69-31-66-43)50(25-36)62-21-18-59-39-11-15-42-46(27-39)68-30-65-42/h5-16,23-28H,1,3,17-22,29-31H2,2,4H3. The SMILES string of the molecule is C=C(C)C(=O)Oc1ccc(-c2ccc(OC(=O)c3cc(OCCOc4ccc5c(c4)OCO5)c(OCCOc4ccc5c(c4)OCO5)c(OCCOc4ccc5c(c4)OCO5)c3)c(OC(=O)C(=C)C)c2)cc1. The highest BCUT2D eigenvalue weighted by Gasteiger charge is 2.24. The number of esters is 3. The molecule has 0 unspecified atom stereocenters. The summed E-state index contributed by atoms with van der Waals surface area (Å²) in [5.41, 5.74) is 1.57. The maximum Gasteiger partial charge on any atom is 0.343 e. The van der Waals surface area contributed by atoms with Crippen molar-refractivity contribution in [3.8, 4) is 97.4 Å². The molecule has 3 aliphatic rings. The van der Waals surface area contributed by atoms with Crippen LogP contribution in [0.1, 0.15) is 24.2 Å². The molecule has 0 spiro atoms. The van der Waals surface area contributed by atoms with Crippen molar-refractivity contribution in [1.82, 2.24) is 0 Å². The predicted molar refractivity (Wildman–Crippen MR) is 255 cm³/mol. The number of fused-ring (bicyclic) bond motifs is 3. The molecule has 0 bridgehead atoms. The third-order valence-corrected chi connectivity index (χ3v) is 10.6. The zero-order valence-corrected chi connectivity index (χ0v) is 39.0. The van der Waals surface area contributed by atoms with E-state index in [9.17, 15) is 14.4 Å². The second-order valence-corrected chi connectivity index (χ2v) is 15.9. The number of carbonyl (C=O) groups is 3. The molecule has 3 aliphatic heterocycles. The summed E-state index contributed by atoms with van der Waals surface area (Å²) in [6, 6.07) is 29.8. The van der Waals surface area contributed by atoms with Gasteiger partial charge in [-0.05, 0) is 97.8 Å². The van der Waals surface area contributed by atoms with Crippen LogP contribution >= 0.6 is 0 Å². The Morgan fingerprint density at radius 1 is 0.403 bits per heavy atom. The number of ether oxygens (including phenoxy) is 15. The Morgan fingerprint density at radius 2 is 0.819 bits per heavy atom. The molecule has 0 saturated carbocycles.